The van der Waals surface area contributed by atoms with Crippen molar-refractivity contribution in [1.29, 1.82) is 0 Å². The first-order chi connectivity index (χ1) is 10.4. The zero-order chi connectivity index (χ0) is 16.3. The second-order valence-corrected chi connectivity index (χ2v) is 6.45. The third kappa shape index (κ3) is 3.02. The molecule has 0 unspecified atom stereocenters. The number of hydrogen-bond acceptors (Lipinski definition) is 7. The molecule has 1 N–H and O–H groups in total. The van der Waals surface area contributed by atoms with E-state index in [0.29, 0.717) is 12.2 Å². The minimum absolute atomic E-state index is 0.0181. The van der Waals surface area contributed by atoms with E-state index in [4.69, 9.17) is 4.42 Å². The number of furan rings is 1. The summed E-state index contributed by atoms with van der Waals surface area (Å²) in [6.07, 6.45) is 1.61. The van der Waals surface area contributed by atoms with Gasteiger partial charge in [0.2, 0.25) is 15.8 Å². The molecule has 2 heterocycles. The van der Waals surface area contributed by atoms with Crippen LogP contribution < -0.4 is 0 Å². The normalized spacial score (nSPS) is 11.8. The number of aryl methyl sites for hydroxylation is 1. The van der Waals surface area contributed by atoms with Crippen LogP contribution in [0.15, 0.2) is 21.7 Å². The van der Waals surface area contributed by atoms with Crippen LogP contribution in [0.4, 0.5) is 0 Å². The quantitative estimate of drug-likeness (QED) is 0.770. The Bertz CT molecular complexity index is 751. The molecule has 0 aliphatic heterocycles. The molecule has 2 aromatic rings. The van der Waals surface area contributed by atoms with E-state index in [0.717, 1.165) is 4.31 Å². The fourth-order valence-electron chi connectivity index (χ4n) is 1.85. The van der Waals surface area contributed by atoms with Gasteiger partial charge in [-0.15, -0.1) is 0 Å². The molecule has 2 aromatic heterocycles. The highest BCUT2D eigenvalue weighted by Gasteiger charge is 2.29. The summed E-state index contributed by atoms with van der Waals surface area (Å²) in [6, 6.07) is 1.18. The first kappa shape index (κ1) is 16.2. The summed E-state index contributed by atoms with van der Waals surface area (Å²) in [5.74, 6) is -0.273. The Hall–Kier alpha value is -2.20. The van der Waals surface area contributed by atoms with Gasteiger partial charge in [-0.2, -0.15) is 9.40 Å². The molecule has 2 rings (SSSR count). The number of nitrogens with one attached hydrogen (secondary N) is 1. The van der Waals surface area contributed by atoms with Crippen molar-refractivity contribution in [2.24, 2.45) is 0 Å². The molecule has 0 saturated carbocycles. The van der Waals surface area contributed by atoms with Gasteiger partial charge in [0.05, 0.1) is 13.7 Å². The number of aromatic nitrogens is 3. The van der Waals surface area contributed by atoms with Crippen LogP contribution in [0.1, 0.15) is 29.1 Å². The van der Waals surface area contributed by atoms with Gasteiger partial charge < -0.3 is 9.15 Å². The van der Waals surface area contributed by atoms with E-state index < -0.39 is 16.0 Å². The maximum absolute atomic E-state index is 12.6. The minimum atomic E-state index is -3.83. The Balaban J connectivity index is 2.35. The average Bonchev–Trinajstić information content (AvgIpc) is 3.15. The molecule has 120 valence electrons. The van der Waals surface area contributed by atoms with E-state index in [-0.39, 0.29) is 23.0 Å². The zero-order valence-electron chi connectivity index (χ0n) is 12.4. The van der Waals surface area contributed by atoms with E-state index in [1.54, 1.807) is 6.92 Å². The van der Waals surface area contributed by atoms with Crippen molar-refractivity contribution in [2.45, 2.75) is 24.8 Å². The van der Waals surface area contributed by atoms with Crippen LogP contribution in [0.5, 0.6) is 0 Å². The number of esters is 1. The lowest BCUT2D eigenvalue weighted by Gasteiger charge is -2.15. The van der Waals surface area contributed by atoms with Crippen molar-refractivity contribution >= 4 is 16.0 Å². The average molecular weight is 328 g/mol. The van der Waals surface area contributed by atoms with Gasteiger partial charge in [-0.25, -0.2) is 18.2 Å². The van der Waals surface area contributed by atoms with Crippen molar-refractivity contribution in [3.8, 4) is 0 Å². The number of sulfonamides is 1. The Morgan fingerprint density at radius 2 is 2.23 bits per heavy atom. The molecule has 0 spiro atoms. The van der Waals surface area contributed by atoms with Gasteiger partial charge in [0, 0.05) is 19.5 Å². The lowest BCUT2D eigenvalue weighted by Crippen LogP contribution is -2.27. The summed E-state index contributed by atoms with van der Waals surface area (Å²) < 4.78 is 36.1. The number of methoxy groups -OCH3 is 1. The molecule has 0 atom stereocenters. The summed E-state index contributed by atoms with van der Waals surface area (Å²) >= 11 is 0. The van der Waals surface area contributed by atoms with Gasteiger partial charge in [-0.1, -0.05) is 6.92 Å². The largest absolute Gasteiger partial charge is 0.463 e. The van der Waals surface area contributed by atoms with Crippen molar-refractivity contribution in [3.63, 3.8) is 0 Å². The Labute approximate surface area is 127 Å². The number of ether oxygens (including phenoxy) is 1. The molecule has 0 amide bonds. The van der Waals surface area contributed by atoms with Crippen molar-refractivity contribution in [1.82, 2.24) is 19.5 Å². The first-order valence-electron chi connectivity index (χ1n) is 6.41. The van der Waals surface area contributed by atoms with Crippen LogP contribution in [0, 0.1) is 0 Å². The van der Waals surface area contributed by atoms with Gasteiger partial charge >= 0.3 is 5.97 Å². The fraction of sp³-hybridized carbons (Fsp3) is 0.417. The topological polar surface area (TPSA) is 118 Å². The number of H-pyrrole nitrogens is 1. The summed E-state index contributed by atoms with van der Waals surface area (Å²) in [4.78, 5) is 15.3. The monoisotopic (exact) mass is 328 g/mol. The summed E-state index contributed by atoms with van der Waals surface area (Å²) in [7, 11) is -1.23. The Morgan fingerprint density at radius 3 is 2.77 bits per heavy atom. The predicted molar refractivity (Wildman–Crippen MR) is 74.5 cm³/mol. The molecule has 0 bridgehead atoms. The predicted octanol–water partition coefficient (Wildman–Crippen LogP) is 0.567. The van der Waals surface area contributed by atoms with Gasteiger partial charge in [-0.3, -0.25) is 5.10 Å². The van der Waals surface area contributed by atoms with Crippen LogP contribution in [0.25, 0.3) is 0 Å². The van der Waals surface area contributed by atoms with Crippen LogP contribution >= 0.6 is 0 Å². The number of hydrogen-bond donors (Lipinski definition) is 1. The third-order valence-electron chi connectivity index (χ3n) is 3.00. The molecule has 10 heteroatoms. The van der Waals surface area contributed by atoms with Crippen LogP contribution in [-0.4, -0.2) is 48.0 Å². The molecule has 0 fully saturated rings. The molecule has 0 aliphatic carbocycles. The minimum Gasteiger partial charge on any atom is -0.463 e. The molecule has 9 nitrogen and oxygen atoms in total. The van der Waals surface area contributed by atoms with Crippen LogP contribution in [-0.2, 0) is 27.7 Å². The third-order valence-corrected chi connectivity index (χ3v) is 4.85. The fourth-order valence-corrected chi connectivity index (χ4v) is 3.21. The second kappa shape index (κ2) is 6.28. The standard InChI is InChI=1S/C12H16N4O5S/c1-4-8-10(5-9(21-8)12(17)20-3)22(18,19)16(2)6-11-13-7-14-15-11/h5,7H,4,6H2,1-3H3,(H,13,14,15). The number of nitrogens with zero attached hydrogens (tertiary/aromatic N) is 3. The highest BCUT2D eigenvalue weighted by Crippen LogP contribution is 2.25. The first-order valence-corrected chi connectivity index (χ1v) is 7.85. The highest BCUT2D eigenvalue weighted by molar-refractivity contribution is 7.89. The maximum atomic E-state index is 12.6. The van der Waals surface area contributed by atoms with Crippen LogP contribution in [0.3, 0.4) is 0 Å². The number of aromatic amines is 1. The van der Waals surface area contributed by atoms with Crippen molar-refractivity contribution in [3.05, 3.63) is 29.7 Å². The summed E-state index contributed by atoms with van der Waals surface area (Å²) in [6.45, 7) is 1.75. The van der Waals surface area contributed by atoms with Crippen LogP contribution in [0.2, 0.25) is 0 Å². The molecule has 0 radical (unpaired) electrons. The highest BCUT2D eigenvalue weighted by atomic mass is 32.2. The van der Waals surface area contributed by atoms with Gasteiger partial charge in [0.15, 0.2) is 0 Å². The summed E-state index contributed by atoms with van der Waals surface area (Å²) in [5, 5.41) is 6.25. The number of rotatable bonds is 6. The van der Waals surface area contributed by atoms with Gasteiger partial charge in [-0.05, 0) is 0 Å². The molecule has 22 heavy (non-hydrogen) atoms. The smallest absolute Gasteiger partial charge is 0.373 e. The van der Waals surface area contributed by atoms with E-state index in [1.165, 1.54) is 26.6 Å². The number of carbonyl (C=O) groups excluding carboxylic acids is 1. The zero-order valence-corrected chi connectivity index (χ0v) is 13.2. The number of carbonyl (C=O) groups is 1. The lowest BCUT2D eigenvalue weighted by atomic mass is 10.3. The maximum Gasteiger partial charge on any atom is 0.373 e. The van der Waals surface area contributed by atoms with Crippen molar-refractivity contribution in [2.75, 3.05) is 14.2 Å². The van der Waals surface area contributed by atoms with E-state index >= 15 is 0 Å². The molecular weight excluding hydrogens is 312 g/mol. The van der Waals surface area contributed by atoms with E-state index in [1.807, 2.05) is 0 Å². The summed E-state index contributed by atoms with van der Waals surface area (Å²) in [5.41, 5.74) is 0. The van der Waals surface area contributed by atoms with E-state index in [9.17, 15) is 13.2 Å². The molecule has 0 aliphatic rings. The lowest BCUT2D eigenvalue weighted by molar-refractivity contribution is 0.0563. The van der Waals surface area contributed by atoms with Crippen molar-refractivity contribution < 1.29 is 22.4 Å². The van der Waals surface area contributed by atoms with Gasteiger partial charge in [0.1, 0.15) is 22.8 Å². The molecular formula is C12H16N4O5S. The molecule has 0 saturated heterocycles. The molecule has 0 aromatic carbocycles. The van der Waals surface area contributed by atoms with Gasteiger partial charge in [0.25, 0.3) is 0 Å². The SMILES string of the molecule is CCc1oc(C(=O)OC)cc1S(=O)(=O)N(C)Cc1ncn[nH]1. The second-order valence-electron chi connectivity index (χ2n) is 4.44. The van der Waals surface area contributed by atoms with E-state index in [2.05, 4.69) is 19.9 Å². The Morgan fingerprint density at radius 1 is 1.50 bits per heavy atom. The Kier molecular flexibility index (Phi) is 4.62.